The van der Waals surface area contributed by atoms with E-state index in [1.807, 2.05) is 24.3 Å². The molecule has 0 spiro atoms. The fourth-order valence-electron chi connectivity index (χ4n) is 3.87. The standard InChI is InChI=1S/C25H21BrN2O5S/c1-3-19(28-23(30)16-7-5-6-8-17(16)24(28)31)21(29)27-22-20(25(32)33-4-2)18(13-34-22)14-9-11-15(26)12-10-14/h5-13,19H,3-4H2,1-2H3,(H,27,29). The van der Waals surface area contributed by atoms with Gasteiger partial charge < -0.3 is 10.1 Å². The van der Waals surface area contributed by atoms with Crippen LogP contribution in [0.15, 0.2) is 58.4 Å². The summed E-state index contributed by atoms with van der Waals surface area (Å²) in [6.45, 7) is 3.60. The molecule has 0 saturated heterocycles. The zero-order valence-corrected chi connectivity index (χ0v) is 20.9. The molecule has 1 atom stereocenters. The molecule has 0 bridgehead atoms. The number of carbonyl (C=O) groups excluding carboxylic acids is 4. The first-order chi connectivity index (χ1) is 16.4. The van der Waals surface area contributed by atoms with Crippen molar-refractivity contribution in [2.45, 2.75) is 26.3 Å². The molecule has 0 aliphatic carbocycles. The average Bonchev–Trinajstić information content (AvgIpc) is 3.35. The molecule has 4 rings (SSSR count). The van der Waals surface area contributed by atoms with Gasteiger partial charge in [-0.1, -0.05) is 47.1 Å². The molecule has 1 aromatic heterocycles. The Hall–Kier alpha value is -3.30. The molecule has 1 aliphatic rings. The predicted molar refractivity (Wildman–Crippen MR) is 133 cm³/mol. The van der Waals surface area contributed by atoms with Crippen molar-refractivity contribution in [1.82, 2.24) is 4.90 Å². The van der Waals surface area contributed by atoms with Gasteiger partial charge in [-0.2, -0.15) is 0 Å². The maximum absolute atomic E-state index is 13.3. The van der Waals surface area contributed by atoms with Crippen molar-refractivity contribution in [3.63, 3.8) is 0 Å². The van der Waals surface area contributed by atoms with Gasteiger partial charge in [0.2, 0.25) is 5.91 Å². The maximum Gasteiger partial charge on any atom is 0.341 e. The van der Waals surface area contributed by atoms with E-state index < -0.39 is 29.7 Å². The second-order valence-electron chi connectivity index (χ2n) is 7.52. The van der Waals surface area contributed by atoms with Gasteiger partial charge in [0.25, 0.3) is 11.8 Å². The van der Waals surface area contributed by atoms with Gasteiger partial charge in [-0.15, -0.1) is 11.3 Å². The van der Waals surface area contributed by atoms with Gasteiger partial charge in [-0.05, 0) is 43.2 Å². The number of esters is 1. The van der Waals surface area contributed by atoms with Gasteiger partial charge in [-0.3, -0.25) is 19.3 Å². The van der Waals surface area contributed by atoms with E-state index in [-0.39, 0.29) is 29.7 Å². The number of benzene rings is 2. The number of nitrogens with one attached hydrogen (secondary N) is 1. The van der Waals surface area contributed by atoms with E-state index in [4.69, 9.17) is 4.74 Å². The summed E-state index contributed by atoms with van der Waals surface area (Å²) in [5, 5.41) is 4.84. The topological polar surface area (TPSA) is 92.8 Å². The minimum atomic E-state index is -1.03. The number of thiophene rings is 1. The van der Waals surface area contributed by atoms with Crippen molar-refractivity contribution in [1.29, 1.82) is 0 Å². The van der Waals surface area contributed by atoms with Crippen molar-refractivity contribution < 1.29 is 23.9 Å². The Bertz CT molecular complexity index is 1250. The Morgan fingerprint density at radius 3 is 2.18 bits per heavy atom. The van der Waals surface area contributed by atoms with Crippen LogP contribution in [0.5, 0.6) is 0 Å². The third-order valence-electron chi connectivity index (χ3n) is 5.49. The van der Waals surface area contributed by atoms with Crippen LogP contribution >= 0.6 is 27.3 Å². The van der Waals surface area contributed by atoms with Gasteiger partial charge >= 0.3 is 5.97 Å². The Morgan fingerprint density at radius 2 is 1.62 bits per heavy atom. The van der Waals surface area contributed by atoms with Gasteiger partial charge in [0.05, 0.1) is 17.7 Å². The first kappa shape index (κ1) is 23.8. The van der Waals surface area contributed by atoms with Crippen LogP contribution in [0, 0.1) is 0 Å². The molecule has 0 radical (unpaired) electrons. The molecule has 2 heterocycles. The molecule has 3 amide bonds. The van der Waals surface area contributed by atoms with Crippen molar-refractivity contribution in [3.05, 3.63) is 75.1 Å². The molecule has 3 aromatic rings. The summed E-state index contributed by atoms with van der Waals surface area (Å²) >= 11 is 4.58. The molecular formula is C25H21BrN2O5S. The SMILES string of the molecule is CCOC(=O)c1c(-c2ccc(Br)cc2)csc1NC(=O)C(CC)N1C(=O)c2ccccc2C1=O. The predicted octanol–water partition coefficient (Wildman–Crippen LogP) is 5.37. The Labute approximate surface area is 208 Å². The van der Waals surface area contributed by atoms with Crippen molar-refractivity contribution in [3.8, 4) is 11.1 Å². The highest BCUT2D eigenvalue weighted by molar-refractivity contribution is 9.10. The number of anilines is 1. The first-order valence-electron chi connectivity index (χ1n) is 10.7. The summed E-state index contributed by atoms with van der Waals surface area (Å²) < 4.78 is 6.14. The lowest BCUT2D eigenvalue weighted by Gasteiger charge is -2.24. The van der Waals surface area contributed by atoms with Crippen molar-refractivity contribution >= 4 is 56.0 Å². The van der Waals surface area contributed by atoms with Crippen LogP contribution in [0.25, 0.3) is 11.1 Å². The molecule has 9 heteroatoms. The average molecular weight is 541 g/mol. The lowest BCUT2D eigenvalue weighted by atomic mass is 10.0. The Morgan fingerprint density at radius 1 is 1.00 bits per heavy atom. The number of fused-ring (bicyclic) bond motifs is 1. The lowest BCUT2D eigenvalue weighted by molar-refractivity contribution is -0.120. The van der Waals surface area contributed by atoms with Crippen LogP contribution in [0.1, 0.15) is 51.3 Å². The minimum Gasteiger partial charge on any atom is -0.462 e. The van der Waals surface area contributed by atoms with E-state index in [1.165, 1.54) is 11.3 Å². The second kappa shape index (κ2) is 9.90. The Kier molecular flexibility index (Phi) is 6.95. The van der Waals surface area contributed by atoms with E-state index in [0.29, 0.717) is 10.6 Å². The van der Waals surface area contributed by atoms with Gasteiger partial charge in [0, 0.05) is 15.4 Å². The van der Waals surface area contributed by atoms with Gasteiger partial charge in [0.15, 0.2) is 0 Å². The monoisotopic (exact) mass is 540 g/mol. The molecule has 34 heavy (non-hydrogen) atoms. The number of rotatable bonds is 7. The molecule has 0 fully saturated rings. The van der Waals surface area contributed by atoms with Gasteiger partial charge in [0.1, 0.15) is 16.6 Å². The second-order valence-corrected chi connectivity index (χ2v) is 9.32. The minimum absolute atomic E-state index is 0.175. The number of carbonyl (C=O) groups is 4. The highest BCUT2D eigenvalue weighted by Crippen LogP contribution is 2.37. The van der Waals surface area contributed by atoms with Crippen molar-refractivity contribution in [2.24, 2.45) is 0 Å². The molecule has 7 nitrogen and oxygen atoms in total. The molecule has 1 unspecified atom stereocenters. The number of imide groups is 1. The largest absolute Gasteiger partial charge is 0.462 e. The molecule has 1 N–H and O–H groups in total. The van der Waals surface area contributed by atoms with Crippen molar-refractivity contribution in [2.75, 3.05) is 11.9 Å². The zero-order valence-electron chi connectivity index (χ0n) is 18.5. The number of nitrogens with zero attached hydrogens (tertiary/aromatic N) is 1. The summed E-state index contributed by atoms with van der Waals surface area (Å²) in [6.07, 6.45) is 0.219. The summed E-state index contributed by atoms with van der Waals surface area (Å²) in [5.41, 5.74) is 2.20. The quantitative estimate of drug-likeness (QED) is 0.321. The number of halogens is 1. The number of amides is 3. The molecular weight excluding hydrogens is 520 g/mol. The number of hydrogen-bond donors (Lipinski definition) is 1. The number of ether oxygens (including phenoxy) is 1. The highest BCUT2D eigenvalue weighted by atomic mass is 79.9. The number of hydrogen-bond acceptors (Lipinski definition) is 6. The third-order valence-corrected chi connectivity index (χ3v) is 6.91. The third kappa shape index (κ3) is 4.28. The molecule has 0 saturated carbocycles. The summed E-state index contributed by atoms with van der Waals surface area (Å²) in [4.78, 5) is 52.9. The van der Waals surface area contributed by atoms with Crippen LogP contribution in [-0.4, -0.2) is 41.2 Å². The fraction of sp³-hybridized carbons (Fsp3) is 0.200. The Balaban J connectivity index is 1.66. The lowest BCUT2D eigenvalue weighted by Crippen LogP contribution is -2.46. The first-order valence-corrected chi connectivity index (χ1v) is 12.4. The molecule has 1 aliphatic heterocycles. The van der Waals surface area contributed by atoms with Crippen LogP contribution in [-0.2, 0) is 9.53 Å². The van der Waals surface area contributed by atoms with Crippen LogP contribution in [0.3, 0.4) is 0 Å². The van der Waals surface area contributed by atoms with E-state index in [2.05, 4.69) is 21.2 Å². The van der Waals surface area contributed by atoms with Crippen LogP contribution in [0.2, 0.25) is 0 Å². The molecule has 174 valence electrons. The normalized spacial score (nSPS) is 13.6. The zero-order chi connectivity index (χ0) is 24.4. The van der Waals surface area contributed by atoms with Gasteiger partial charge in [-0.25, -0.2) is 4.79 Å². The van der Waals surface area contributed by atoms with E-state index >= 15 is 0 Å². The van der Waals surface area contributed by atoms with E-state index in [0.717, 1.165) is 14.9 Å². The van der Waals surface area contributed by atoms with Crippen LogP contribution < -0.4 is 5.32 Å². The summed E-state index contributed by atoms with van der Waals surface area (Å²) in [6, 6.07) is 12.9. The van der Waals surface area contributed by atoms with Crippen LogP contribution in [0.4, 0.5) is 5.00 Å². The van der Waals surface area contributed by atoms with E-state index in [1.54, 1.807) is 43.5 Å². The highest BCUT2D eigenvalue weighted by Gasteiger charge is 2.42. The fourth-order valence-corrected chi connectivity index (χ4v) is 5.09. The smallest absolute Gasteiger partial charge is 0.341 e. The summed E-state index contributed by atoms with van der Waals surface area (Å²) in [5.74, 6) is -2.12. The van der Waals surface area contributed by atoms with E-state index in [9.17, 15) is 19.2 Å². The molecule has 2 aromatic carbocycles. The summed E-state index contributed by atoms with van der Waals surface area (Å²) in [7, 11) is 0. The maximum atomic E-state index is 13.3.